The van der Waals surface area contributed by atoms with Gasteiger partial charge in [-0.15, -0.1) is 0 Å². The fourth-order valence-electron chi connectivity index (χ4n) is 9.88. The van der Waals surface area contributed by atoms with Gasteiger partial charge in [-0.1, -0.05) is 152 Å². The summed E-state index contributed by atoms with van der Waals surface area (Å²) >= 11 is 0. The number of nitriles is 1. The minimum Gasteiger partial charge on any atom is -0.318 e. The summed E-state index contributed by atoms with van der Waals surface area (Å²) in [5, 5.41) is 20.6. The number of hydrogen-bond donors (Lipinski definition) is 0. The third-order valence-electron chi connectivity index (χ3n) is 12.2. The van der Waals surface area contributed by atoms with Crippen LogP contribution in [0, 0.1) is 17.9 Å². The van der Waals surface area contributed by atoms with E-state index in [0.29, 0.717) is 16.8 Å². The second-order valence-corrected chi connectivity index (χ2v) is 15.2. The van der Waals surface area contributed by atoms with E-state index in [9.17, 15) is 5.26 Å². The van der Waals surface area contributed by atoms with Gasteiger partial charge in [0, 0.05) is 56.0 Å². The smallest absolute Gasteiger partial charge is 0.220 e. The van der Waals surface area contributed by atoms with Crippen LogP contribution in [0.2, 0.25) is 0 Å². The third kappa shape index (κ3) is 4.57. The number of rotatable bonds is 5. The number of aromatic nitrogens is 3. The Morgan fingerprint density at radius 2 is 1.02 bits per heavy atom. The molecule has 0 saturated heterocycles. The van der Waals surface area contributed by atoms with Crippen LogP contribution in [0.1, 0.15) is 5.56 Å². The van der Waals surface area contributed by atoms with Gasteiger partial charge in [0.1, 0.15) is 6.07 Å². The van der Waals surface area contributed by atoms with Gasteiger partial charge >= 0.3 is 0 Å². The SMILES string of the molecule is [C-]#[N+]c1c(-c2ccccc2)c(C#N)c(-n2c3ccccc3c3cccc(-c4ccccc4)c32)c(-c2ccccc2)c1-n1c2cccc3c4ccncc4c4cccc1c4c32. The van der Waals surface area contributed by atoms with E-state index in [0.717, 1.165) is 104 Å². The minimum absolute atomic E-state index is 0.414. The van der Waals surface area contributed by atoms with Crippen molar-refractivity contribution in [1.29, 1.82) is 5.26 Å². The highest BCUT2D eigenvalue weighted by Gasteiger charge is 2.32. The van der Waals surface area contributed by atoms with Gasteiger partial charge in [-0.05, 0) is 57.1 Å². The van der Waals surface area contributed by atoms with Gasteiger partial charge in [0.2, 0.25) is 5.69 Å². The van der Waals surface area contributed by atoms with Crippen molar-refractivity contribution in [2.24, 2.45) is 0 Å². The van der Waals surface area contributed by atoms with Gasteiger partial charge in [0.05, 0.1) is 45.6 Å². The van der Waals surface area contributed by atoms with Crippen LogP contribution < -0.4 is 0 Å². The predicted octanol–water partition coefficient (Wildman–Crippen LogP) is 14.4. The monoisotopic (exact) mass is 761 g/mol. The molecule has 3 heterocycles. The van der Waals surface area contributed by atoms with Gasteiger partial charge in [-0.3, -0.25) is 4.98 Å². The zero-order chi connectivity index (χ0) is 39.9. The number of nitrogens with zero attached hydrogens (tertiary/aromatic N) is 5. The van der Waals surface area contributed by atoms with Crippen molar-refractivity contribution in [3.05, 3.63) is 205 Å². The summed E-state index contributed by atoms with van der Waals surface area (Å²) in [7, 11) is 0. The molecule has 12 aromatic rings. The average Bonchev–Trinajstić information content (AvgIpc) is 3.84. The summed E-state index contributed by atoms with van der Waals surface area (Å²) in [5.74, 6) is 0. The van der Waals surface area contributed by atoms with Gasteiger partial charge in [-0.2, -0.15) is 5.26 Å². The van der Waals surface area contributed by atoms with Crippen LogP contribution in [0.25, 0.3) is 115 Å². The Hall–Kier alpha value is -8.51. The lowest BCUT2D eigenvalue weighted by molar-refractivity contribution is 1.13. The zero-order valence-corrected chi connectivity index (χ0v) is 32.1. The summed E-state index contributed by atoms with van der Waals surface area (Å²) in [6, 6.07) is 63.4. The highest BCUT2D eigenvalue weighted by atomic mass is 15.0. The summed E-state index contributed by atoms with van der Waals surface area (Å²) in [6.07, 6.45) is 3.82. The van der Waals surface area contributed by atoms with E-state index in [1.54, 1.807) is 0 Å². The molecule has 0 radical (unpaired) electrons. The first kappa shape index (κ1) is 33.6. The normalized spacial score (nSPS) is 11.6. The molecule has 0 amide bonds. The van der Waals surface area contributed by atoms with Crippen molar-refractivity contribution in [1.82, 2.24) is 14.1 Å². The second-order valence-electron chi connectivity index (χ2n) is 15.2. The molecule has 0 aliphatic rings. The highest BCUT2D eigenvalue weighted by molar-refractivity contribution is 6.34. The van der Waals surface area contributed by atoms with Crippen LogP contribution in [0.4, 0.5) is 5.69 Å². The maximum Gasteiger partial charge on any atom is 0.220 e. The molecule has 276 valence electrons. The standard InChI is InChI=1S/C55H31N5/c1-57-52-48(35-18-7-3-8-19-35)43(32-56)54(60-45-27-12-11-22-39(45)42-26-13-23-37(53(42)60)34-16-5-2-6-17-34)49(36-20-9-4-10-21-36)55(52)59-46-28-14-24-40-38-30-31-58-33-44(38)41-25-15-29-47(59)51(41)50(40)46/h2-31,33H. The minimum atomic E-state index is 0.414. The molecule has 0 saturated carbocycles. The molecule has 12 rings (SSSR count). The molecule has 3 aromatic heterocycles. The number of pyridine rings is 1. The highest BCUT2D eigenvalue weighted by Crippen LogP contribution is 2.53. The Kier molecular flexibility index (Phi) is 7.29. The second kappa shape index (κ2) is 13.0. The zero-order valence-electron chi connectivity index (χ0n) is 32.1. The largest absolute Gasteiger partial charge is 0.318 e. The molecule has 60 heavy (non-hydrogen) atoms. The lowest BCUT2D eigenvalue weighted by Gasteiger charge is -2.26. The van der Waals surface area contributed by atoms with E-state index >= 15 is 0 Å². The molecule has 0 bridgehead atoms. The van der Waals surface area contributed by atoms with Gasteiger partial charge in [0.25, 0.3) is 0 Å². The number of fused-ring (bicyclic) bond motifs is 6. The molecular formula is C55H31N5. The quantitative estimate of drug-likeness (QED) is 0.130. The van der Waals surface area contributed by atoms with Crippen molar-refractivity contribution >= 4 is 70.8 Å². The Morgan fingerprint density at radius 3 is 1.68 bits per heavy atom. The Bertz CT molecular complexity index is 3680. The summed E-state index contributed by atoms with van der Waals surface area (Å²) in [5.41, 5.74) is 11.5. The molecule has 0 unspecified atom stereocenters. The molecule has 5 heteroatoms. The molecule has 0 aliphatic carbocycles. The molecule has 0 spiro atoms. The maximum atomic E-state index is 11.7. The maximum absolute atomic E-state index is 11.7. The van der Waals surface area contributed by atoms with Crippen LogP contribution in [0.15, 0.2) is 188 Å². The number of hydrogen-bond acceptors (Lipinski definition) is 2. The van der Waals surface area contributed by atoms with Gasteiger partial charge < -0.3 is 9.13 Å². The molecule has 0 N–H and O–H groups in total. The van der Waals surface area contributed by atoms with Crippen LogP contribution >= 0.6 is 0 Å². The average molecular weight is 762 g/mol. The van der Waals surface area contributed by atoms with Gasteiger partial charge in [-0.25, -0.2) is 4.85 Å². The molecule has 5 nitrogen and oxygen atoms in total. The van der Waals surface area contributed by atoms with Crippen LogP contribution in [-0.4, -0.2) is 14.1 Å². The summed E-state index contributed by atoms with van der Waals surface area (Å²) < 4.78 is 4.61. The number of benzene rings is 9. The third-order valence-corrected chi connectivity index (χ3v) is 12.2. The van der Waals surface area contributed by atoms with Gasteiger partial charge in [0.15, 0.2) is 0 Å². The molecule has 0 fully saturated rings. The van der Waals surface area contributed by atoms with E-state index in [1.165, 1.54) is 0 Å². The topological polar surface area (TPSA) is 50.9 Å². The first-order valence-corrected chi connectivity index (χ1v) is 20.0. The lowest BCUT2D eigenvalue weighted by atomic mass is 9.88. The van der Waals surface area contributed by atoms with E-state index in [1.807, 2.05) is 67.0 Å². The predicted molar refractivity (Wildman–Crippen MR) is 246 cm³/mol. The van der Waals surface area contributed by atoms with Crippen LogP contribution in [0.3, 0.4) is 0 Å². The van der Waals surface area contributed by atoms with Crippen LogP contribution in [0.5, 0.6) is 0 Å². The van der Waals surface area contributed by atoms with Crippen molar-refractivity contribution in [2.45, 2.75) is 0 Å². The van der Waals surface area contributed by atoms with Crippen molar-refractivity contribution in [3.8, 4) is 50.8 Å². The van der Waals surface area contributed by atoms with E-state index in [4.69, 9.17) is 6.57 Å². The summed E-state index contributed by atoms with van der Waals surface area (Å²) in [6.45, 7) is 9.17. The Balaban J connectivity index is 1.39. The van der Waals surface area contributed by atoms with Crippen molar-refractivity contribution < 1.29 is 0 Å². The number of para-hydroxylation sites is 2. The van der Waals surface area contributed by atoms with Crippen LogP contribution in [-0.2, 0) is 0 Å². The summed E-state index contributed by atoms with van der Waals surface area (Å²) in [4.78, 5) is 9.05. The Morgan fingerprint density at radius 1 is 0.467 bits per heavy atom. The first-order valence-electron chi connectivity index (χ1n) is 20.0. The first-order chi connectivity index (χ1) is 29.8. The Labute approximate surface area is 345 Å². The lowest BCUT2D eigenvalue weighted by Crippen LogP contribution is -2.09. The van der Waals surface area contributed by atoms with E-state index in [-0.39, 0.29) is 0 Å². The molecule has 0 atom stereocenters. The fraction of sp³-hybridized carbons (Fsp3) is 0. The van der Waals surface area contributed by atoms with E-state index in [2.05, 4.69) is 146 Å². The van der Waals surface area contributed by atoms with Crippen molar-refractivity contribution in [2.75, 3.05) is 0 Å². The molecule has 0 aliphatic heterocycles. The molecular weight excluding hydrogens is 731 g/mol. The fourth-order valence-corrected chi connectivity index (χ4v) is 9.88. The van der Waals surface area contributed by atoms with Crippen molar-refractivity contribution in [3.63, 3.8) is 0 Å². The van der Waals surface area contributed by atoms with E-state index < -0.39 is 0 Å². The molecule has 9 aromatic carbocycles.